The average molecular weight is 294 g/mol. The van der Waals surface area contributed by atoms with Gasteiger partial charge in [0.1, 0.15) is 17.3 Å². The summed E-state index contributed by atoms with van der Waals surface area (Å²) in [5.74, 6) is 2.27. The van der Waals surface area contributed by atoms with Crippen molar-refractivity contribution in [2.75, 3.05) is 18.0 Å². The van der Waals surface area contributed by atoms with Crippen LogP contribution in [0.1, 0.15) is 32.8 Å². The number of fused-ring (bicyclic) bond motifs is 1. The summed E-state index contributed by atoms with van der Waals surface area (Å²) in [6.07, 6.45) is 2.72. The van der Waals surface area contributed by atoms with Gasteiger partial charge in [0.15, 0.2) is 0 Å². The number of halogens is 1. The zero-order valence-electron chi connectivity index (χ0n) is 12.4. The molecule has 20 heavy (non-hydrogen) atoms. The molecule has 2 aromatic heterocycles. The summed E-state index contributed by atoms with van der Waals surface area (Å²) in [4.78, 5) is 10.8. The minimum absolute atomic E-state index is 0.320. The van der Waals surface area contributed by atoms with E-state index in [-0.39, 0.29) is 0 Å². The lowest BCUT2D eigenvalue weighted by Crippen LogP contribution is -2.28. The van der Waals surface area contributed by atoms with Crippen LogP contribution in [0, 0.1) is 18.3 Å². The third-order valence-electron chi connectivity index (χ3n) is 4.29. The van der Waals surface area contributed by atoms with Gasteiger partial charge in [0, 0.05) is 18.7 Å². The summed E-state index contributed by atoms with van der Waals surface area (Å²) in [5, 5.41) is 4.81. The summed E-state index contributed by atoms with van der Waals surface area (Å²) in [7, 11) is 0. The van der Waals surface area contributed by atoms with Gasteiger partial charge in [0.2, 0.25) is 0 Å². The van der Waals surface area contributed by atoms with Crippen molar-refractivity contribution in [3.8, 4) is 0 Å². The third kappa shape index (κ3) is 2.14. The summed E-state index contributed by atoms with van der Waals surface area (Å²) >= 11 is 6.24. The molecule has 1 fully saturated rings. The van der Waals surface area contributed by atoms with Crippen LogP contribution >= 0.6 is 11.6 Å². The van der Waals surface area contributed by atoms with Gasteiger partial charge >= 0.3 is 0 Å². The fraction of sp³-hybridized carbons (Fsp3) is 0.643. The van der Waals surface area contributed by atoms with E-state index in [1.807, 2.05) is 6.92 Å². The Morgan fingerprint density at radius 3 is 2.75 bits per heavy atom. The molecule has 1 atom stereocenters. The van der Waals surface area contributed by atoms with Crippen LogP contribution in [0.3, 0.4) is 0 Å². The van der Waals surface area contributed by atoms with E-state index < -0.39 is 0 Å². The quantitative estimate of drug-likeness (QED) is 0.759. The summed E-state index contributed by atoms with van der Waals surface area (Å²) < 4.78 is 1.80. The molecule has 108 valence electrons. The van der Waals surface area contributed by atoms with Gasteiger partial charge in [-0.25, -0.2) is 0 Å². The first-order valence-electron chi connectivity index (χ1n) is 6.98. The fourth-order valence-corrected chi connectivity index (χ4v) is 3.07. The number of rotatable bonds is 1. The van der Waals surface area contributed by atoms with Crippen LogP contribution in [0.5, 0.6) is 0 Å². The van der Waals surface area contributed by atoms with Gasteiger partial charge in [0.05, 0.1) is 0 Å². The van der Waals surface area contributed by atoms with E-state index in [1.54, 1.807) is 4.52 Å². The molecule has 0 aromatic carbocycles. The van der Waals surface area contributed by atoms with Crippen LogP contribution in [-0.4, -0.2) is 32.7 Å². The second-order valence-corrected chi connectivity index (χ2v) is 6.98. The van der Waals surface area contributed by atoms with Crippen molar-refractivity contribution in [3.05, 3.63) is 17.0 Å². The minimum Gasteiger partial charge on any atom is -0.356 e. The maximum Gasteiger partial charge on any atom is 0.255 e. The number of nitrogens with zero attached hydrogens (tertiary/aromatic N) is 5. The largest absolute Gasteiger partial charge is 0.356 e. The fourth-order valence-electron chi connectivity index (χ4n) is 2.91. The summed E-state index contributed by atoms with van der Waals surface area (Å²) in [6, 6.07) is 0. The van der Waals surface area contributed by atoms with E-state index in [4.69, 9.17) is 11.6 Å². The maximum absolute atomic E-state index is 6.24. The lowest BCUT2D eigenvalue weighted by Gasteiger charge is -2.28. The lowest BCUT2D eigenvalue weighted by atomic mass is 9.80. The van der Waals surface area contributed by atoms with E-state index in [1.165, 1.54) is 12.7 Å². The molecule has 1 saturated heterocycles. The van der Waals surface area contributed by atoms with Crippen molar-refractivity contribution in [2.24, 2.45) is 11.3 Å². The first kappa shape index (κ1) is 13.6. The van der Waals surface area contributed by atoms with Crippen molar-refractivity contribution in [1.82, 2.24) is 19.6 Å². The molecule has 0 bridgehead atoms. The van der Waals surface area contributed by atoms with Gasteiger partial charge in [-0.1, -0.05) is 32.4 Å². The Balaban J connectivity index is 2.03. The predicted octanol–water partition coefficient (Wildman–Crippen LogP) is 2.96. The highest BCUT2D eigenvalue weighted by molar-refractivity contribution is 6.30. The molecular weight excluding hydrogens is 274 g/mol. The second kappa shape index (κ2) is 4.58. The Morgan fingerprint density at radius 2 is 2.10 bits per heavy atom. The molecule has 0 N–H and O–H groups in total. The third-order valence-corrected chi connectivity index (χ3v) is 4.65. The van der Waals surface area contributed by atoms with Crippen molar-refractivity contribution >= 4 is 23.2 Å². The van der Waals surface area contributed by atoms with Crippen LogP contribution in [-0.2, 0) is 0 Å². The SMILES string of the molecule is Cc1c(Cl)nc2ncnn2c1N1CCC(C(C)(C)C)C1. The van der Waals surface area contributed by atoms with E-state index in [0.29, 0.717) is 22.3 Å². The normalized spacial score (nSPS) is 20.1. The molecule has 3 heterocycles. The molecule has 0 saturated carbocycles. The van der Waals surface area contributed by atoms with Crippen LogP contribution < -0.4 is 4.90 Å². The highest BCUT2D eigenvalue weighted by Crippen LogP contribution is 2.37. The Kier molecular flexibility index (Phi) is 3.12. The Labute approximate surface area is 124 Å². The molecule has 5 nitrogen and oxygen atoms in total. The molecule has 1 aliphatic heterocycles. The molecule has 0 aliphatic carbocycles. The highest BCUT2D eigenvalue weighted by Gasteiger charge is 2.33. The van der Waals surface area contributed by atoms with Crippen molar-refractivity contribution in [1.29, 1.82) is 0 Å². The topological polar surface area (TPSA) is 46.3 Å². The zero-order chi connectivity index (χ0) is 14.5. The van der Waals surface area contributed by atoms with Gasteiger partial charge in [-0.2, -0.15) is 19.6 Å². The van der Waals surface area contributed by atoms with Gasteiger partial charge in [-0.15, -0.1) is 0 Å². The molecule has 0 radical (unpaired) electrons. The number of hydrogen-bond donors (Lipinski definition) is 0. The van der Waals surface area contributed by atoms with Crippen molar-refractivity contribution < 1.29 is 0 Å². The number of aromatic nitrogens is 4. The maximum atomic E-state index is 6.24. The van der Waals surface area contributed by atoms with E-state index in [0.717, 1.165) is 24.5 Å². The lowest BCUT2D eigenvalue weighted by molar-refractivity contribution is 0.263. The standard InChI is InChI=1S/C14H20ClN5/c1-9-11(15)18-13-16-8-17-20(13)12(9)19-6-5-10(7-19)14(2,3)4/h8,10H,5-7H2,1-4H3. The highest BCUT2D eigenvalue weighted by atomic mass is 35.5. The molecule has 0 spiro atoms. The zero-order valence-corrected chi connectivity index (χ0v) is 13.1. The summed E-state index contributed by atoms with van der Waals surface area (Å²) in [6.45, 7) is 11.0. The van der Waals surface area contributed by atoms with Crippen LogP contribution in [0.15, 0.2) is 6.33 Å². The van der Waals surface area contributed by atoms with E-state index in [9.17, 15) is 0 Å². The Bertz CT molecular complexity index is 643. The molecule has 0 amide bonds. The smallest absolute Gasteiger partial charge is 0.255 e. The van der Waals surface area contributed by atoms with Crippen molar-refractivity contribution in [3.63, 3.8) is 0 Å². The van der Waals surface area contributed by atoms with Gasteiger partial charge in [-0.3, -0.25) is 0 Å². The molecule has 1 unspecified atom stereocenters. The summed E-state index contributed by atoms with van der Waals surface area (Å²) in [5.41, 5.74) is 1.29. The predicted molar refractivity (Wildman–Crippen MR) is 80.3 cm³/mol. The van der Waals surface area contributed by atoms with Crippen LogP contribution in [0.25, 0.3) is 5.78 Å². The monoisotopic (exact) mass is 293 g/mol. The van der Waals surface area contributed by atoms with E-state index >= 15 is 0 Å². The van der Waals surface area contributed by atoms with Gasteiger partial charge in [0.25, 0.3) is 5.78 Å². The van der Waals surface area contributed by atoms with Crippen LogP contribution in [0.2, 0.25) is 5.15 Å². The molecular formula is C14H20ClN5. The van der Waals surface area contributed by atoms with Crippen molar-refractivity contribution in [2.45, 2.75) is 34.1 Å². The van der Waals surface area contributed by atoms with Crippen LogP contribution in [0.4, 0.5) is 5.82 Å². The molecule has 6 heteroatoms. The van der Waals surface area contributed by atoms with Gasteiger partial charge < -0.3 is 4.90 Å². The molecule has 3 rings (SSSR count). The second-order valence-electron chi connectivity index (χ2n) is 6.62. The molecule has 1 aliphatic rings. The Morgan fingerprint density at radius 1 is 1.35 bits per heavy atom. The van der Waals surface area contributed by atoms with Gasteiger partial charge in [-0.05, 0) is 24.7 Å². The Hall–Kier alpha value is -1.36. The number of hydrogen-bond acceptors (Lipinski definition) is 4. The number of anilines is 1. The molecule has 2 aromatic rings. The average Bonchev–Trinajstić information content (AvgIpc) is 2.98. The van der Waals surface area contributed by atoms with E-state index in [2.05, 4.69) is 40.7 Å². The first-order chi connectivity index (χ1) is 9.38. The minimum atomic E-state index is 0.320. The first-order valence-corrected chi connectivity index (χ1v) is 7.36.